The largest absolute Gasteiger partial charge is 0.376 e. The van der Waals surface area contributed by atoms with E-state index in [0.717, 1.165) is 0 Å². The van der Waals surface area contributed by atoms with Crippen LogP contribution in [0, 0.1) is 5.92 Å². The van der Waals surface area contributed by atoms with Gasteiger partial charge in [0.1, 0.15) is 0 Å². The molecule has 6 nitrogen and oxygen atoms in total. The van der Waals surface area contributed by atoms with Gasteiger partial charge in [-0.1, -0.05) is 13.8 Å². The second-order valence-electron chi connectivity index (χ2n) is 2.40. The SMILES string of the molecule is CC(C)C(N)C(N)=O.NOC=O. The van der Waals surface area contributed by atoms with Crippen LogP contribution in [0.3, 0.4) is 0 Å². The second kappa shape index (κ2) is 7.96. The van der Waals surface area contributed by atoms with Crippen LogP contribution in [0.2, 0.25) is 0 Å². The molecule has 6 heteroatoms. The predicted octanol–water partition coefficient (Wildman–Crippen LogP) is -1.51. The standard InChI is InChI=1S/C5H12N2O.CH3NO2/c1-3(2)4(6)5(7)8;2-4-1-3/h3-4H,6H2,1-2H3,(H2,7,8);1H,2H2. The molecule has 0 heterocycles. The van der Waals surface area contributed by atoms with Gasteiger partial charge in [-0.25, -0.2) is 0 Å². The number of carbonyl (C=O) groups excluding carboxylic acids is 2. The first kappa shape index (κ1) is 13.4. The van der Waals surface area contributed by atoms with Crippen molar-refractivity contribution in [3.63, 3.8) is 0 Å². The molecular weight excluding hydrogens is 162 g/mol. The Morgan fingerprint density at radius 2 is 1.83 bits per heavy atom. The number of hydrogen-bond acceptors (Lipinski definition) is 5. The van der Waals surface area contributed by atoms with Gasteiger partial charge in [0, 0.05) is 0 Å². The Labute approximate surface area is 71.0 Å². The second-order valence-corrected chi connectivity index (χ2v) is 2.40. The van der Waals surface area contributed by atoms with E-state index in [9.17, 15) is 4.79 Å². The molecule has 12 heavy (non-hydrogen) atoms. The first-order chi connectivity index (χ1) is 5.47. The first-order valence-electron chi connectivity index (χ1n) is 3.31. The molecule has 0 bridgehead atoms. The monoisotopic (exact) mass is 177 g/mol. The van der Waals surface area contributed by atoms with Crippen LogP contribution < -0.4 is 17.4 Å². The van der Waals surface area contributed by atoms with Crippen molar-refractivity contribution in [3.05, 3.63) is 0 Å². The summed E-state index contributed by atoms with van der Waals surface area (Å²) in [5, 5.41) is 0. The maximum Gasteiger partial charge on any atom is 0.312 e. The van der Waals surface area contributed by atoms with E-state index in [1.54, 1.807) is 0 Å². The van der Waals surface area contributed by atoms with Gasteiger partial charge in [-0.15, -0.1) is 0 Å². The average molecular weight is 177 g/mol. The summed E-state index contributed by atoms with van der Waals surface area (Å²) in [6.07, 6.45) is 0. The first-order valence-corrected chi connectivity index (χ1v) is 3.31. The van der Waals surface area contributed by atoms with Crippen molar-refractivity contribution in [2.45, 2.75) is 19.9 Å². The molecule has 0 saturated carbocycles. The minimum absolute atomic E-state index is 0.146. The van der Waals surface area contributed by atoms with Crippen LogP contribution >= 0.6 is 0 Å². The molecule has 1 atom stereocenters. The molecule has 0 radical (unpaired) electrons. The lowest BCUT2D eigenvalue weighted by atomic mass is 10.1. The number of nitrogens with two attached hydrogens (primary N) is 3. The molecule has 0 aromatic heterocycles. The van der Waals surface area contributed by atoms with Gasteiger partial charge < -0.3 is 16.3 Å². The van der Waals surface area contributed by atoms with Crippen molar-refractivity contribution in [1.29, 1.82) is 0 Å². The Balaban J connectivity index is 0. The fourth-order valence-electron chi connectivity index (χ4n) is 0.329. The van der Waals surface area contributed by atoms with Crippen LogP contribution in [0.5, 0.6) is 0 Å². The molecule has 0 aromatic rings. The van der Waals surface area contributed by atoms with E-state index < -0.39 is 11.9 Å². The van der Waals surface area contributed by atoms with Crippen molar-refractivity contribution in [1.82, 2.24) is 0 Å². The fourth-order valence-corrected chi connectivity index (χ4v) is 0.329. The Hall–Kier alpha value is -1.14. The Kier molecular flexibility index (Phi) is 8.92. The molecular formula is C6H15N3O3. The summed E-state index contributed by atoms with van der Waals surface area (Å²) in [6, 6.07) is -0.491. The molecule has 6 N–H and O–H groups in total. The summed E-state index contributed by atoms with van der Waals surface area (Å²) in [6.45, 7) is 3.87. The molecule has 0 saturated heterocycles. The Bertz CT molecular complexity index is 138. The molecule has 0 spiro atoms. The molecule has 0 rings (SSSR count). The third kappa shape index (κ3) is 8.86. The summed E-state index contributed by atoms with van der Waals surface area (Å²) >= 11 is 0. The highest BCUT2D eigenvalue weighted by Gasteiger charge is 2.12. The fraction of sp³-hybridized carbons (Fsp3) is 0.667. The number of hydrogen-bond donors (Lipinski definition) is 3. The summed E-state index contributed by atoms with van der Waals surface area (Å²) in [4.78, 5) is 22.4. The minimum Gasteiger partial charge on any atom is -0.376 e. The minimum atomic E-state index is -0.491. The van der Waals surface area contributed by atoms with Gasteiger partial charge in [0.05, 0.1) is 6.04 Å². The number of rotatable bonds is 3. The number of carbonyl (C=O) groups is 2. The van der Waals surface area contributed by atoms with E-state index in [0.29, 0.717) is 0 Å². The van der Waals surface area contributed by atoms with E-state index in [4.69, 9.17) is 16.3 Å². The van der Waals surface area contributed by atoms with E-state index in [2.05, 4.69) is 10.7 Å². The summed E-state index contributed by atoms with van der Waals surface area (Å²) < 4.78 is 0. The van der Waals surface area contributed by atoms with Gasteiger partial charge >= 0.3 is 6.47 Å². The zero-order valence-corrected chi connectivity index (χ0v) is 7.19. The zero-order chi connectivity index (χ0) is 10.1. The molecule has 1 amide bonds. The maximum atomic E-state index is 10.2. The molecule has 0 aromatic carbocycles. The van der Waals surface area contributed by atoms with Gasteiger partial charge in [0.2, 0.25) is 5.91 Å². The van der Waals surface area contributed by atoms with Crippen LogP contribution in [-0.4, -0.2) is 18.4 Å². The van der Waals surface area contributed by atoms with E-state index >= 15 is 0 Å². The lowest BCUT2D eigenvalue weighted by molar-refractivity contribution is -0.129. The van der Waals surface area contributed by atoms with Crippen molar-refractivity contribution in [2.75, 3.05) is 0 Å². The highest BCUT2D eigenvalue weighted by molar-refractivity contribution is 5.79. The molecule has 0 aliphatic carbocycles. The predicted molar refractivity (Wildman–Crippen MR) is 43.3 cm³/mol. The lowest BCUT2D eigenvalue weighted by Gasteiger charge is -2.09. The van der Waals surface area contributed by atoms with Crippen molar-refractivity contribution in [3.8, 4) is 0 Å². The van der Waals surface area contributed by atoms with Crippen molar-refractivity contribution >= 4 is 12.4 Å². The summed E-state index contributed by atoms with van der Waals surface area (Å²) in [7, 11) is 0. The van der Waals surface area contributed by atoms with E-state index in [-0.39, 0.29) is 12.4 Å². The average Bonchev–Trinajstić information content (AvgIpc) is 2.03. The van der Waals surface area contributed by atoms with Crippen LogP contribution in [0.4, 0.5) is 0 Å². The van der Waals surface area contributed by atoms with E-state index in [1.165, 1.54) is 0 Å². The van der Waals surface area contributed by atoms with Crippen molar-refractivity contribution < 1.29 is 14.4 Å². The van der Waals surface area contributed by atoms with Crippen LogP contribution in [0.25, 0.3) is 0 Å². The maximum absolute atomic E-state index is 10.2. The summed E-state index contributed by atoms with van der Waals surface area (Å²) in [5.74, 6) is 3.88. The number of primary amides is 1. The molecule has 1 unspecified atom stereocenters. The highest BCUT2D eigenvalue weighted by atomic mass is 16.6. The third-order valence-electron chi connectivity index (χ3n) is 1.10. The number of amides is 1. The normalized spacial score (nSPS) is 11.1. The van der Waals surface area contributed by atoms with Gasteiger partial charge in [-0.2, -0.15) is 5.90 Å². The smallest absolute Gasteiger partial charge is 0.312 e. The van der Waals surface area contributed by atoms with Crippen LogP contribution in [0.15, 0.2) is 0 Å². The molecule has 72 valence electrons. The van der Waals surface area contributed by atoms with Gasteiger partial charge in [-0.05, 0) is 5.92 Å². The van der Waals surface area contributed by atoms with Crippen LogP contribution in [-0.2, 0) is 14.4 Å². The molecule has 0 fully saturated rings. The topological polar surface area (TPSA) is 121 Å². The Morgan fingerprint density at radius 1 is 1.50 bits per heavy atom. The third-order valence-corrected chi connectivity index (χ3v) is 1.10. The van der Waals surface area contributed by atoms with E-state index in [1.807, 2.05) is 13.8 Å². The van der Waals surface area contributed by atoms with Crippen LogP contribution in [0.1, 0.15) is 13.8 Å². The lowest BCUT2D eigenvalue weighted by Crippen LogP contribution is -2.40. The van der Waals surface area contributed by atoms with Gasteiger partial charge in [0.25, 0.3) is 0 Å². The van der Waals surface area contributed by atoms with Crippen molar-refractivity contribution in [2.24, 2.45) is 23.3 Å². The zero-order valence-electron chi connectivity index (χ0n) is 7.19. The van der Waals surface area contributed by atoms with Gasteiger partial charge in [0.15, 0.2) is 0 Å². The molecule has 0 aliphatic rings. The Morgan fingerprint density at radius 3 is 1.83 bits per heavy atom. The summed E-state index contributed by atoms with van der Waals surface area (Å²) in [5.41, 5.74) is 10.2. The highest BCUT2D eigenvalue weighted by Crippen LogP contribution is 1.95. The molecule has 0 aliphatic heterocycles. The quantitative estimate of drug-likeness (QED) is 0.357. The van der Waals surface area contributed by atoms with Gasteiger partial charge in [-0.3, -0.25) is 9.59 Å².